The van der Waals surface area contributed by atoms with Gasteiger partial charge in [0.05, 0.1) is 22.8 Å². The second-order valence-electron chi connectivity index (χ2n) is 12.0. The maximum absolute atomic E-state index is 14.2. The summed E-state index contributed by atoms with van der Waals surface area (Å²) < 4.78 is 7.31. The van der Waals surface area contributed by atoms with Crippen molar-refractivity contribution in [2.24, 2.45) is 5.92 Å². The molecule has 3 heterocycles. The molecule has 10 heteroatoms. The molecule has 0 bridgehead atoms. The molecule has 5 atom stereocenters. The van der Waals surface area contributed by atoms with Crippen molar-refractivity contribution in [1.29, 1.82) is 0 Å². The third-order valence-electron chi connectivity index (χ3n) is 8.81. The molecule has 2 fully saturated rings. The van der Waals surface area contributed by atoms with E-state index in [-0.39, 0.29) is 24.8 Å². The second-order valence-corrected chi connectivity index (χ2v) is 13.0. The third-order valence-corrected chi connectivity index (χ3v) is 9.72. The Hall–Kier alpha value is -3.76. The minimum Gasteiger partial charge on any atom is -0.479 e. The number of carbonyl (C=O) groups excluding carboxylic acids is 2. The molecule has 9 nitrogen and oxygen atoms in total. The smallest absolute Gasteiger partial charge is 0.330 e. The molecule has 0 radical (unpaired) electrons. The van der Waals surface area contributed by atoms with Gasteiger partial charge in [-0.15, -0.1) is 0 Å². The van der Waals surface area contributed by atoms with Crippen LogP contribution in [0.15, 0.2) is 60.7 Å². The first-order valence-electron chi connectivity index (χ1n) is 15.2. The van der Waals surface area contributed by atoms with Crippen LogP contribution in [0.2, 0.25) is 0 Å². The summed E-state index contributed by atoms with van der Waals surface area (Å²) in [7, 11) is 0. The first-order chi connectivity index (χ1) is 20.8. The normalized spacial score (nSPS) is 28.7. The average Bonchev–Trinajstić information content (AvgIpc) is 3.31. The van der Waals surface area contributed by atoms with Crippen molar-refractivity contribution in [3.63, 3.8) is 0 Å². The number of carboxylic acid groups (broad SMARTS) is 1. The van der Waals surface area contributed by atoms with Gasteiger partial charge in [-0.3, -0.25) is 9.59 Å². The van der Waals surface area contributed by atoms with Crippen LogP contribution in [0, 0.1) is 12.8 Å². The van der Waals surface area contributed by atoms with Crippen LogP contribution in [0.3, 0.4) is 0 Å². The van der Waals surface area contributed by atoms with Crippen LogP contribution in [0.1, 0.15) is 56.1 Å². The maximum atomic E-state index is 14.2. The zero-order valence-corrected chi connectivity index (χ0v) is 25.1. The van der Waals surface area contributed by atoms with Gasteiger partial charge in [0.1, 0.15) is 17.7 Å². The maximum Gasteiger partial charge on any atom is 0.330 e. The molecule has 2 amide bonds. The molecule has 2 aliphatic heterocycles. The lowest BCUT2D eigenvalue weighted by molar-refractivity contribution is -0.145. The van der Waals surface area contributed by atoms with Crippen LogP contribution in [-0.4, -0.2) is 63.0 Å². The molecule has 3 aromatic rings. The van der Waals surface area contributed by atoms with Crippen molar-refractivity contribution < 1.29 is 24.2 Å². The minimum atomic E-state index is -1.34. The predicted octanol–water partition coefficient (Wildman–Crippen LogP) is 4.59. The summed E-state index contributed by atoms with van der Waals surface area (Å²) in [5.41, 5.74) is 1.71. The number of hydrogen-bond acceptors (Lipinski definition) is 7. The topological polar surface area (TPSA) is 121 Å². The van der Waals surface area contributed by atoms with E-state index in [0.29, 0.717) is 24.6 Å². The molecule has 3 N–H and O–H groups in total. The number of carboxylic acids is 1. The summed E-state index contributed by atoms with van der Waals surface area (Å²) >= 11 is 1.44. The first-order valence-corrected chi connectivity index (χ1v) is 16.0. The van der Waals surface area contributed by atoms with E-state index in [1.54, 1.807) is 4.90 Å². The van der Waals surface area contributed by atoms with E-state index in [0.717, 1.165) is 47.0 Å². The number of carbonyl (C=O) groups is 3. The molecule has 1 aromatic heterocycles. The number of fused-ring (bicyclic) bond motifs is 3. The molecule has 3 aliphatic rings. The number of aryl methyl sites for hydroxylation is 1. The number of amides is 2. The van der Waals surface area contributed by atoms with E-state index in [1.807, 2.05) is 61.5 Å². The van der Waals surface area contributed by atoms with Crippen LogP contribution in [0.4, 0.5) is 0 Å². The van der Waals surface area contributed by atoms with E-state index in [9.17, 15) is 19.5 Å². The number of aliphatic carboxylic acids is 1. The minimum absolute atomic E-state index is 0.160. The summed E-state index contributed by atoms with van der Waals surface area (Å²) in [5, 5.41) is 16.9. The Kier molecular flexibility index (Phi) is 8.50. The molecule has 1 saturated carbocycles. The van der Waals surface area contributed by atoms with Crippen LogP contribution in [0.25, 0.3) is 10.2 Å². The van der Waals surface area contributed by atoms with Gasteiger partial charge in [0.25, 0.3) is 5.19 Å². The number of rotatable bonds is 6. The van der Waals surface area contributed by atoms with Crippen LogP contribution in [0.5, 0.6) is 5.19 Å². The highest BCUT2D eigenvalue weighted by Gasteiger charge is 2.61. The van der Waals surface area contributed by atoms with Crippen LogP contribution >= 0.6 is 11.3 Å². The van der Waals surface area contributed by atoms with Crippen molar-refractivity contribution in [2.45, 2.75) is 82.1 Å². The number of benzene rings is 2. The fourth-order valence-electron chi connectivity index (χ4n) is 6.24. The lowest BCUT2D eigenvalue weighted by Crippen LogP contribution is -2.55. The third kappa shape index (κ3) is 6.45. The zero-order valence-electron chi connectivity index (χ0n) is 24.3. The number of hydrogen-bond donors (Lipinski definition) is 3. The van der Waals surface area contributed by atoms with Crippen molar-refractivity contribution in [3.8, 4) is 5.19 Å². The largest absolute Gasteiger partial charge is 0.479 e. The molecule has 2 aromatic carbocycles. The van der Waals surface area contributed by atoms with E-state index in [4.69, 9.17) is 4.74 Å². The second kappa shape index (κ2) is 12.5. The number of thiazole rings is 1. The number of nitrogens with one attached hydrogen (secondary N) is 2. The van der Waals surface area contributed by atoms with E-state index in [2.05, 4.69) is 21.7 Å². The van der Waals surface area contributed by atoms with E-state index in [1.165, 1.54) is 11.3 Å². The van der Waals surface area contributed by atoms with Crippen LogP contribution < -0.4 is 15.4 Å². The SMILES string of the molecule is Cc1ccc2nc(O[C@@H]3C[C@H]4C(=O)N[C@]5(C(=O)O)C[C@H]5/C=C\CCCCC[C@H](NCc5ccccc5)C(=O)N4C3)sc2c1. The van der Waals surface area contributed by atoms with Gasteiger partial charge in [0.15, 0.2) is 0 Å². The molecule has 0 spiro atoms. The van der Waals surface area contributed by atoms with Gasteiger partial charge in [0, 0.05) is 18.9 Å². The Morgan fingerprint density at radius 3 is 2.84 bits per heavy atom. The molecule has 226 valence electrons. The molecular formula is C33H38N4O5S. The number of nitrogens with zero attached hydrogens (tertiary/aromatic N) is 2. The Labute approximate surface area is 255 Å². The first kappa shape index (κ1) is 29.3. The fraction of sp³-hybridized carbons (Fsp3) is 0.455. The molecule has 1 saturated heterocycles. The van der Waals surface area contributed by atoms with Crippen molar-refractivity contribution in [2.75, 3.05) is 6.54 Å². The molecule has 1 aliphatic carbocycles. The fourth-order valence-corrected chi connectivity index (χ4v) is 7.22. The van der Waals surface area contributed by atoms with Gasteiger partial charge in [-0.1, -0.05) is 72.7 Å². The number of allylic oxidation sites excluding steroid dienone is 1. The quantitative estimate of drug-likeness (QED) is 0.353. The van der Waals surface area contributed by atoms with Crippen molar-refractivity contribution in [3.05, 3.63) is 71.8 Å². The summed E-state index contributed by atoms with van der Waals surface area (Å²) in [5.74, 6) is -1.92. The summed E-state index contributed by atoms with van der Waals surface area (Å²) in [6, 6.07) is 14.6. The van der Waals surface area contributed by atoms with Gasteiger partial charge in [-0.25, -0.2) is 9.78 Å². The van der Waals surface area contributed by atoms with Gasteiger partial charge in [-0.2, -0.15) is 0 Å². The Morgan fingerprint density at radius 1 is 1.19 bits per heavy atom. The van der Waals surface area contributed by atoms with Crippen molar-refractivity contribution in [1.82, 2.24) is 20.5 Å². The summed E-state index contributed by atoms with van der Waals surface area (Å²) in [4.78, 5) is 46.6. The molecular weight excluding hydrogens is 564 g/mol. The molecule has 6 rings (SSSR count). The van der Waals surface area contributed by atoms with Gasteiger partial charge in [-0.05, 0) is 55.9 Å². The lowest BCUT2D eigenvalue weighted by atomic mass is 10.0. The van der Waals surface area contributed by atoms with Crippen LogP contribution in [-0.2, 0) is 20.9 Å². The van der Waals surface area contributed by atoms with Gasteiger partial charge >= 0.3 is 5.97 Å². The Bertz CT molecular complexity index is 1520. The zero-order chi connectivity index (χ0) is 30.0. The summed E-state index contributed by atoms with van der Waals surface area (Å²) in [6.07, 6.45) is 8.37. The van der Waals surface area contributed by atoms with Crippen molar-refractivity contribution >= 4 is 39.3 Å². The van der Waals surface area contributed by atoms with E-state index >= 15 is 0 Å². The molecule has 43 heavy (non-hydrogen) atoms. The van der Waals surface area contributed by atoms with Gasteiger partial charge < -0.3 is 25.4 Å². The average molecular weight is 603 g/mol. The highest BCUT2D eigenvalue weighted by atomic mass is 32.1. The number of ether oxygens (including phenoxy) is 1. The van der Waals surface area contributed by atoms with Gasteiger partial charge in [0.2, 0.25) is 11.8 Å². The Morgan fingerprint density at radius 2 is 2.02 bits per heavy atom. The standard InChI is InChI=1S/C33H38N4O5S/c1-21-14-15-25-28(16-21)43-32(35-25)42-24-17-27-29(38)36-33(31(40)41)18-23(33)12-8-3-2-4-9-13-26(30(39)37(27)20-24)34-19-22-10-6-5-7-11-22/h5-8,10-12,14-16,23-24,26-27,34H,2-4,9,13,17-20H2,1H3,(H,36,38)(H,40,41)/b12-8-/t23-,24-,26+,27+,33-/m1/s1. The molecule has 0 unspecified atom stereocenters. The predicted molar refractivity (Wildman–Crippen MR) is 165 cm³/mol. The monoisotopic (exact) mass is 602 g/mol. The lowest BCUT2D eigenvalue weighted by Gasteiger charge is -2.29. The van der Waals surface area contributed by atoms with E-state index < -0.39 is 35.6 Å². The Balaban J connectivity index is 1.26. The number of aromatic nitrogens is 1. The highest BCUT2D eigenvalue weighted by molar-refractivity contribution is 7.20. The summed E-state index contributed by atoms with van der Waals surface area (Å²) in [6.45, 7) is 2.77. The highest BCUT2D eigenvalue weighted by Crippen LogP contribution is 2.45.